The monoisotopic (exact) mass is 421 g/mol. The van der Waals surface area contributed by atoms with Crippen LogP contribution in [-0.2, 0) is 24.1 Å². The van der Waals surface area contributed by atoms with Gasteiger partial charge in [0.05, 0.1) is 12.1 Å². The van der Waals surface area contributed by atoms with Crippen molar-refractivity contribution in [2.45, 2.75) is 19.3 Å². The van der Waals surface area contributed by atoms with Gasteiger partial charge in [-0.05, 0) is 35.4 Å². The zero-order valence-corrected chi connectivity index (χ0v) is 16.2. The van der Waals surface area contributed by atoms with E-state index in [1.54, 1.807) is 37.4 Å². The number of nitrogens with one attached hydrogen (secondary N) is 3. The molecule has 0 unspecified atom stereocenters. The minimum Gasteiger partial charge on any atom is -0.368 e. The normalized spacial score (nSPS) is 11.7. The maximum Gasteiger partial charge on any atom is 0.416 e. The van der Waals surface area contributed by atoms with Gasteiger partial charge in [0, 0.05) is 25.7 Å². The fourth-order valence-corrected chi connectivity index (χ4v) is 2.49. The summed E-state index contributed by atoms with van der Waals surface area (Å²) < 4.78 is 38.4. The zero-order valence-electron chi connectivity index (χ0n) is 16.2. The Balaban J connectivity index is 1.87. The van der Waals surface area contributed by atoms with Crippen LogP contribution in [0.25, 0.3) is 0 Å². The number of hydrogen-bond acceptors (Lipinski definition) is 3. The van der Waals surface area contributed by atoms with Crippen LogP contribution in [0.2, 0.25) is 0 Å². The number of amides is 2. The van der Waals surface area contributed by atoms with Crippen molar-refractivity contribution in [3.63, 3.8) is 0 Å². The van der Waals surface area contributed by atoms with E-state index in [1.807, 2.05) is 0 Å². The van der Waals surface area contributed by atoms with Crippen molar-refractivity contribution in [3.05, 3.63) is 70.8 Å². The Kier molecular flexibility index (Phi) is 7.79. The SMILES string of the molecule is CN=C(NCc1ccc(C(=O)NCC(N)=O)cc1)NCc1cccc(C(F)(F)F)c1. The predicted molar refractivity (Wildman–Crippen MR) is 106 cm³/mol. The molecule has 10 heteroatoms. The standard InChI is InChI=1S/C20H22F3N5O2/c1-25-19(28-11-14-3-2-4-16(9-14)20(21,22)23)27-10-13-5-7-15(8-6-13)18(30)26-12-17(24)29/h2-9H,10-12H2,1H3,(H2,24,29)(H,26,30)(H2,25,27,28). The molecule has 0 aliphatic rings. The van der Waals surface area contributed by atoms with Crippen molar-refractivity contribution in [2.24, 2.45) is 10.7 Å². The van der Waals surface area contributed by atoms with Gasteiger partial charge in [-0.3, -0.25) is 14.6 Å². The van der Waals surface area contributed by atoms with Gasteiger partial charge in [0.25, 0.3) is 5.91 Å². The van der Waals surface area contributed by atoms with Crippen molar-refractivity contribution in [3.8, 4) is 0 Å². The van der Waals surface area contributed by atoms with Crippen molar-refractivity contribution >= 4 is 17.8 Å². The van der Waals surface area contributed by atoms with Crippen LogP contribution in [0, 0.1) is 0 Å². The van der Waals surface area contributed by atoms with E-state index in [2.05, 4.69) is 20.9 Å². The lowest BCUT2D eigenvalue weighted by Crippen LogP contribution is -2.36. The van der Waals surface area contributed by atoms with E-state index < -0.39 is 23.6 Å². The molecule has 0 aliphatic carbocycles. The molecule has 0 atom stereocenters. The summed E-state index contributed by atoms with van der Waals surface area (Å²) in [4.78, 5) is 26.6. The zero-order chi connectivity index (χ0) is 22.1. The second kappa shape index (κ2) is 10.3. The highest BCUT2D eigenvalue weighted by molar-refractivity contribution is 5.96. The fraction of sp³-hybridized carbons (Fsp3) is 0.250. The molecule has 0 aliphatic heterocycles. The number of benzene rings is 2. The third kappa shape index (κ3) is 7.12. The average Bonchev–Trinajstić information content (AvgIpc) is 2.72. The van der Waals surface area contributed by atoms with E-state index >= 15 is 0 Å². The first-order chi connectivity index (χ1) is 14.2. The van der Waals surface area contributed by atoms with Gasteiger partial charge in [-0.2, -0.15) is 13.2 Å². The fourth-order valence-electron chi connectivity index (χ4n) is 2.49. The number of halogens is 3. The lowest BCUT2D eigenvalue weighted by Gasteiger charge is -2.13. The summed E-state index contributed by atoms with van der Waals surface area (Å²) >= 11 is 0. The van der Waals surface area contributed by atoms with E-state index in [1.165, 1.54) is 6.07 Å². The van der Waals surface area contributed by atoms with E-state index in [9.17, 15) is 22.8 Å². The minimum absolute atomic E-state index is 0.169. The van der Waals surface area contributed by atoms with Crippen LogP contribution in [0.4, 0.5) is 13.2 Å². The third-order valence-corrected chi connectivity index (χ3v) is 4.04. The number of nitrogens with zero attached hydrogens (tertiary/aromatic N) is 1. The van der Waals surface area contributed by atoms with Crippen LogP contribution in [0.15, 0.2) is 53.5 Å². The molecule has 0 bridgehead atoms. The van der Waals surface area contributed by atoms with Crippen LogP contribution in [0.3, 0.4) is 0 Å². The summed E-state index contributed by atoms with van der Waals surface area (Å²) in [5.74, 6) is -0.629. The number of carbonyl (C=O) groups is 2. The number of carbonyl (C=O) groups excluding carboxylic acids is 2. The van der Waals surface area contributed by atoms with Gasteiger partial charge < -0.3 is 21.7 Å². The number of alkyl halides is 3. The number of aliphatic imine (C=N–C) groups is 1. The maximum atomic E-state index is 12.8. The Hall–Kier alpha value is -3.56. The first-order valence-corrected chi connectivity index (χ1v) is 8.95. The molecule has 0 saturated heterocycles. The second-order valence-electron chi connectivity index (χ2n) is 6.32. The summed E-state index contributed by atoms with van der Waals surface area (Å²) in [5.41, 5.74) is 5.98. The van der Waals surface area contributed by atoms with Crippen molar-refractivity contribution in [1.82, 2.24) is 16.0 Å². The van der Waals surface area contributed by atoms with Gasteiger partial charge in [0.2, 0.25) is 5.91 Å². The number of primary amides is 1. The van der Waals surface area contributed by atoms with Crippen molar-refractivity contribution < 1.29 is 22.8 Å². The number of rotatable bonds is 7. The predicted octanol–water partition coefficient (Wildman–Crippen LogP) is 1.79. The van der Waals surface area contributed by atoms with E-state index in [4.69, 9.17) is 5.73 Å². The van der Waals surface area contributed by atoms with Crippen LogP contribution >= 0.6 is 0 Å². The van der Waals surface area contributed by atoms with Gasteiger partial charge in [-0.1, -0.05) is 24.3 Å². The molecule has 0 saturated carbocycles. The summed E-state index contributed by atoms with van der Waals surface area (Å²) in [6.07, 6.45) is -4.39. The van der Waals surface area contributed by atoms with E-state index in [0.717, 1.165) is 17.7 Å². The molecular formula is C20H22F3N5O2. The molecule has 2 rings (SSSR count). The Morgan fingerprint density at radius 1 is 0.967 bits per heavy atom. The Labute approximate surface area is 171 Å². The molecule has 0 heterocycles. The molecule has 2 amide bonds. The third-order valence-electron chi connectivity index (χ3n) is 4.04. The molecule has 0 fully saturated rings. The van der Waals surface area contributed by atoms with Gasteiger partial charge in [-0.25, -0.2) is 0 Å². The van der Waals surface area contributed by atoms with Gasteiger partial charge in [0.1, 0.15) is 0 Å². The minimum atomic E-state index is -4.39. The molecule has 0 aromatic heterocycles. The Bertz CT molecular complexity index is 911. The summed E-state index contributed by atoms with van der Waals surface area (Å²) in [7, 11) is 1.55. The lowest BCUT2D eigenvalue weighted by atomic mass is 10.1. The van der Waals surface area contributed by atoms with Crippen LogP contribution in [-0.4, -0.2) is 31.4 Å². The van der Waals surface area contributed by atoms with Gasteiger partial charge in [-0.15, -0.1) is 0 Å². The van der Waals surface area contributed by atoms with Crippen molar-refractivity contribution in [2.75, 3.05) is 13.6 Å². The largest absolute Gasteiger partial charge is 0.416 e. The topological polar surface area (TPSA) is 109 Å². The number of hydrogen-bond donors (Lipinski definition) is 4. The highest BCUT2D eigenvalue weighted by Gasteiger charge is 2.30. The van der Waals surface area contributed by atoms with E-state index in [-0.39, 0.29) is 13.1 Å². The average molecular weight is 421 g/mol. The Morgan fingerprint density at radius 3 is 2.17 bits per heavy atom. The highest BCUT2D eigenvalue weighted by atomic mass is 19.4. The van der Waals surface area contributed by atoms with E-state index in [0.29, 0.717) is 23.6 Å². The molecule has 0 spiro atoms. The molecule has 2 aromatic rings. The highest BCUT2D eigenvalue weighted by Crippen LogP contribution is 2.29. The van der Waals surface area contributed by atoms with Gasteiger partial charge >= 0.3 is 6.18 Å². The number of nitrogens with two attached hydrogens (primary N) is 1. The van der Waals surface area contributed by atoms with Crippen molar-refractivity contribution in [1.29, 1.82) is 0 Å². The lowest BCUT2D eigenvalue weighted by molar-refractivity contribution is -0.137. The second-order valence-corrected chi connectivity index (χ2v) is 6.32. The number of guanidine groups is 1. The van der Waals surface area contributed by atoms with Crippen LogP contribution in [0.1, 0.15) is 27.0 Å². The molecule has 7 nitrogen and oxygen atoms in total. The van der Waals surface area contributed by atoms with Crippen LogP contribution in [0.5, 0.6) is 0 Å². The first-order valence-electron chi connectivity index (χ1n) is 8.95. The Morgan fingerprint density at radius 2 is 1.60 bits per heavy atom. The molecule has 160 valence electrons. The quantitative estimate of drug-likeness (QED) is 0.404. The molecule has 0 radical (unpaired) electrons. The summed E-state index contributed by atoms with van der Waals surface area (Å²) in [6.45, 7) is 0.310. The molecule has 30 heavy (non-hydrogen) atoms. The summed E-state index contributed by atoms with van der Waals surface area (Å²) in [6, 6.07) is 11.7. The summed E-state index contributed by atoms with van der Waals surface area (Å²) in [5, 5.41) is 8.39. The first kappa shape index (κ1) is 22.7. The molecule has 2 aromatic carbocycles. The maximum absolute atomic E-state index is 12.8. The molecular weight excluding hydrogens is 399 g/mol. The van der Waals surface area contributed by atoms with Gasteiger partial charge in [0.15, 0.2) is 5.96 Å². The smallest absolute Gasteiger partial charge is 0.368 e. The van der Waals surface area contributed by atoms with Crippen LogP contribution < -0.4 is 21.7 Å². The molecule has 5 N–H and O–H groups in total.